The van der Waals surface area contributed by atoms with Crippen LogP contribution in [-0.2, 0) is 4.79 Å². The zero-order valence-corrected chi connectivity index (χ0v) is 21.3. The van der Waals surface area contributed by atoms with Crippen molar-refractivity contribution in [2.24, 2.45) is 16.8 Å². The average Bonchev–Trinajstić information content (AvgIpc) is 2.72. The third-order valence-electron chi connectivity index (χ3n) is 6.04. The highest BCUT2D eigenvalue weighted by Crippen LogP contribution is 2.20. The monoisotopic (exact) mass is 522 g/mol. The minimum Gasteiger partial charge on any atom is -0.359 e. The third-order valence-corrected chi connectivity index (χ3v) is 6.04. The lowest BCUT2D eigenvalue weighted by Crippen LogP contribution is -2.48. The molecule has 2 aliphatic heterocycles. The van der Waals surface area contributed by atoms with Crippen LogP contribution in [0.4, 0.5) is 0 Å². The highest BCUT2D eigenvalue weighted by molar-refractivity contribution is 14.0. The molecule has 2 fully saturated rings. The minimum absolute atomic E-state index is 0. The molecule has 1 amide bonds. The van der Waals surface area contributed by atoms with Gasteiger partial charge in [0, 0.05) is 72.4 Å². The number of hydrogen-bond donors (Lipinski definition) is 2. The number of likely N-dealkylation sites (N-methyl/N-ethyl adjacent to an activating group) is 1. The number of halogens is 1. The number of piperidine rings is 1. The normalized spacial score (nSPS) is 20.8. The van der Waals surface area contributed by atoms with Crippen LogP contribution in [0.15, 0.2) is 4.99 Å². The fourth-order valence-corrected chi connectivity index (χ4v) is 4.17. The summed E-state index contributed by atoms with van der Waals surface area (Å²) in [6.07, 6.45) is 2.78. The molecule has 8 heteroatoms. The molecular weight excluding hydrogens is 479 g/mol. The summed E-state index contributed by atoms with van der Waals surface area (Å²) in [5.74, 6) is 2.27. The molecule has 170 valence electrons. The van der Waals surface area contributed by atoms with Gasteiger partial charge in [0.25, 0.3) is 0 Å². The van der Waals surface area contributed by atoms with Gasteiger partial charge in [-0.2, -0.15) is 0 Å². The highest BCUT2D eigenvalue weighted by Gasteiger charge is 2.23. The van der Waals surface area contributed by atoms with Gasteiger partial charge < -0.3 is 25.3 Å². The van der Waals surface area contributed by atoms with Crippen molar-refractivity contribution in [1.29, 1.82) is 0 Å². The zero-order chi connectivity index (χ0) is 20.4. The fourth-order valence-electron chi connectivity index (χ4n) is 4.17. The lowest BCUT2D eigenvalue weighted by Gasteiger charge is -2.35. The van der Waals surface area contributed by atoms with Crippen LogP contribution in [-0.4, -0.2) is 99.1 Å². The van der Waals surface area contributed by atoms with Gasteiger partial charge in [0.1, 0.15) is 0 Å². The smallest absolute Gasteiger partial charge is 0.220 e. The van der Waals surface area contributed by atoms with Gasteiger partial charge in [0.2, 0.25) is 5.91 Å². The first-order valence-electron chi connectivity index (χ1n) is 11.2. The van der Waals surface area contributed by atoms with Crippen LogP contribution in [0.2, 0.25) is 0 Å². The van der Waals surface area contributed by atoms with E-state index in [4.69, 9.17) is 4.99 Å². The molecular formula is C21H43IN6O. The van der Waals surface area contributed by atoms with Gasteiger partial charge in [-0.1, -0.05) is 13.8 Å². The van der Waals surface area contributed by atoms with Crippen LogP contribution in [0.5, 0.6) is 0 Å². The average molecular weight is 523 g/mol. The van der Waals surface area contributed by atoms with Crippen molar-refractivity contribution in [2.45, 2.75) is 40.0 Å². The summed E-state index contributed by atoms with van der Waals surface area (Å²) in [6.45, 7) is 17.5. The first kappa shape index (κ1) is 26.4. The van der Waals surface area contributed by atoms with E-state index in [0.29, 0.717) is 18.3 Å². The predicted molar refractivity (Wildman–Crippen MR) is 132 cm³/mol. The van der Waals surface area contributed by atoms with Crippen LogP contribution < -0.4 is 10.6 Å². The van der Waals surface area contributed by atoms with Crippen molar-refractivity contribution in [3.05, 3.63) is 0 Å². The van der Waals surface area contributed by atoms with E-state index in [9.17, 15) is 4.79 Å². The van der Waals surface area contributed by atoms with Crippen molar-refractivity contribution in [2.75, 3.05) is 72.5 Å². The number of rotatable bonds is 8. The first-order valence-corrected chi connectivity index (χ1v) is 11.2. The summed E-state index contributed by atoms with van der Waals surface area (Å²) in [5.41, 5.74) is 0. The molecule has 0 bridgehead atoms. The standard InChI is InChI=1S/C21H42N6O.HI/c1-5-23-21(27-9-7-19(8-10-27)15-20(28)22-4)24-16-18(3)17-26-13-11-25(6-2)12-14-26;/h18-19H,5-17H2,1-4H3,(H,22,28)(H,23,24);1H. The van der Waals surface area contributed by atoms with E-state index in [1.807, 2.05) is 0 Å². The Balaban J connectivity index is 0.00000420. The largest absolute Gasteiger partial charge is 0.359 e. The molecule has 0 aromatic heterocycles. The molecule has 0 aromatic rings. The number of guanidine groups is 1. The van der Waals surface area contributed by atoms with Gasteiger partial charge in [-0.3, -0.25) is 9.79 Å². The molecule has 0 radical (unpaired) electrons. The number of piperazine rings is 1. The molecule has 29 heavy (non-hydrogen) atoms. The van der Waals surface area contributed by atoms with E-state index in [-0.39, 0.29) is 29.9 Å². The number of likely N-dealkylation sites (tertiary alicyclic amines) is 1. The Labute approximate surface area is 195 Å². The molecule has 2 aliphatic rings. The second-order valence-electron chi connectivity index (χ2n) is 8.34. The lowest BCUT2D eigenvalue weighted by atomic mass is 9.93. The Morgan fingerprint density at radius 3 is 2.24 bits per heavy atom. The molecule has 2 heterocycles. The second-order valence-corrected chi connectivity index (χ2v) is 8.34. The summed E-state index contributed by atoms with van der Waals surface area (Å²) < 4.78 is 0. The van der Waals surface area contributed by atoms with Crippen LogP contribution in [0, 0.1) is 11.8 Å². The van der Waals surface area contributed by atoms with E-state index in [1.165, 1.54) is 32.7 Å². The SMILES string of the molecule is CCNC(=NCC(C)CN1CCN(CC)CC1)N1CCC(CC(=O)NC)CC1.I. The maximum atomic E-state index is 11.6. The molecule has 1 atom stereocenters. The van der Waals surface area contributed by atoms with Crippen LogP contribution >= 0.6 is 24.0 Å². The second kappa shape index (κ2) is 14.4. The van der Waals surface area contributed by atoms with Crippen LogP contribution in [0.1, 0.15) is 40.0 Å². The summed E-state index contributed by atoms with van der Waals surface area (Å²) >= 11 is 0. The van der Waals surface area contributed by atoms with Crippen molar-refractivity contribution >= 4 is 35.8 Å². The lowest BCUT2D eigenvalue weighted by molar-refractivity contribution is -0.121. The number of nitrogens with one attached hydrogen (secondary N) is 2. The molecule has 2 rings (SSSR count). The van der Waals surface area contributed by atoms with Crippen molar-refractivity contribution in [3.63, 3.8) is 0 Å². The van der Waals surface area contributed by atoms with Crippen molar-refractivity contribution in [1.82, 2.24) is 25.3 Å². The minimum atomic E-state index is 0. The van der Waals surface area contributed by atoms with Crippen molar-refractivity contribution in [3.8, 4) is 0 Å². The molecule has 2 N–H and O–H groups in total. The van der Waals surface area contributed by atoms with E-state index in [2.05, 4.69) is 46.1 Å². The number of carbonyl (C=O) groups excluding carboxylic acids is 1. The van der Waals surface area contributed by atoms with Crippen LogP contribution in [0.25, 0.3) is 0 Å². The Hall–Kier alpha value is -0.610. The number of carbonyl (C=O) groups is 1. The predicted octanol–water partition coefficient (Wildman–Crippen LogP) is 1.69. The fraction of sp³-hybridized carbons (Fsp3) is 0.905. The molecule has 0 aromatic carbocycles. The molecule has 2 saturated heterocycles. The quantitative estimate of drug-likeness (QED) is 0.289. The number of aliphatic imine (C=N–C) groups is 1. The number of nitrogens with zero attached hydrogens (tertiary/aromatic N) is 4. The summed E-state index contributed by atoms with van der Waals surface area (Å²) in [7, 11) is 1.72. The van der Waals surface area contributed by atoms with Crippen LogP contribution in [0.3, 0.4) is 0 Å². The zero-order valence-electron chi connectivity index (χ0n) is 19.0. The van der Waals surface area contributed by atoms with Gasteiger partial charge in [0.05, 0.1) is 0 Å². The summed E-state index contributed by atoms with van der Waals surface area (Å²) in [5, 5.41) is 6.21. The third kappa shape index (κ3) is 9.38. The molecule has 0 saturated carbocycles. The summed E-state index contributed by atoms with van der Waals surface area (Å²) in [6, 6.07) is 0. The first-order chi connectivity index (χ1) is 13.5. The van der Waals surface area contributed by atoms with Gasteiger partial charge in [-0.05, 0) is 38.1 Å². The molecule has 7 nitrogen and oxygen atoms in total. The van der Waals surface area contributed by atoms with Gasteiger partial charge in [-0.25, -0.2) is 0 Å². The number of hydrogen-bond acceptors (Lipinski definition) is 4. The van der Waals surface area contributed by atoms with Crippen molar-refractivity contribution < 1.29 is 4.79 Å². The van der Waals surface area contributed by atoms with E-state index in [0.717, 1.165) is 51.5 Å². The maximum absolute atomic E-state index is 11.6. The Kier molecular flexibility index (Phi) is 13.1. The van der Waals surface area contributed by atoms with Gasteiger partial charge in [0.15, 0.2) is 5.96 Å². The Bertz CT molecular complexity index is 488. The Morgan fingerprint density at radius 2 is 1.69 bits per heavy atom. The van der Waals surface area contributed by atoms with E-state index >= 15 is 0 Å². The summed E-state index contributed by atoms with van der Waals surface area (Å²) in [4.78, 5) is 24.0. The topological polar surface area (TPSA) is 63.2 Å². The van der Waals surface area contributed by atoms with E-state index < -0.39 is 0 Å². The van der Waals surface area contributed by atoms with E-state index in [1.54, 1.807) is 7.05 Å². The highest BCUT2D eigenvalue weighted by atomic mass is 127. The maximum Gasteiger partial charge on any atom is 0.220 e. The van der Waals surface area contributed by atoms with Gasteiger partial charge >= 0.3 is 0 Å². The molecule has 1 unspecified atom stereocenters. The molecule has 0 aliphatic carbocycles. The molecule has 0 spiro atoms. The Morgan fingerprint density at radius 1 is 1.07 bits per heavy atom. The number of amides is 1. The van der Waals surface area contributed by atoms with Gasteiger partial charge in [-0.15, -0.1) is 24.0 Å².